The first-order chi connectivity index (χ1) is 9.77. The van der Waals surface area contributed by atoms with Crippen LogP contribution in [0.2, 0.25) is 0 Å². The van der Waals surface area contributed by atoms with Crippen LogP contribution in [0.4, 0.5) is 0 Å². The van der Waals surface area contributed by atoms with Gasteiger partial charge in [0.1, 0.15) is 5.82 Å². The van der Waals surface area contributed by atoms with Crippen LogP contribution < -0.4 is 5.32 Å². The smallest absolute Gasteiger partial charge is 0.109 e. The average Bonchev–Trinajstić information content (AvgIpc) is 2.77. The van der Waals surface area contributed by atoms with Gasteiger partial charge in [-0.3, -0.25) is 0 Å². The third-order valence-corrected chi connectivity index (χ3v) is 5.06. The third-order valence-electron chi connectivity index (χ3n) is 5.06. The molecule has 1 aromatic rings. The van der Waals surface area contributed by atoms with Gasteiger partial charge in [0, 0.05) is 44.5 Å². The molecule has 0 unspecified atom stereocenters. The summed E-state index contributed by atoms with van der Waals surface area (Å²) >= 11 is 0. The lowest BCUT2D eigenvalue weighted by Gasteiger charge is -2.40. The molecule has 0 atom stereocenters. The van der Waals surface area contributed by atoms with Crippen molar-refractivity contribution in [1.29, 1.82) is 0 Å². The Balaban J connectivity index is 1.59. The van der Waals surface area contributed by atoms with Crippen molar-refractivity contribution in [2.45, 2.75) is 50.5 Å². The van der Waals surface area contributed by atoms with Crippen LogP contribution in [0.3, 0.4) is 0 Å². The van der Waals surface area contributed by atoms with Gasteiger partial charge in [-0.15, -0.1) is 0 Å². The first kappa shape index (κ1) is 14.1. The summed E-state index contributed by atoms with van der Waals surface area (Å²) in [7, 11) is 2.09. The van der Waals surface area contributed by atoms with E-state index in [0.29, 0.717) is 5.54 Å². The molecule has 0 radical (unpaired) electrons. The Morgan fingerprint density at radius 1 is 1.25 bits per heavy atom. The van der Waals surface area contributed by atoms with Crippen LogP contribution in [-0.4, -0.2) is 46.2 Å². The van der Waals surface area contributed by atoms with Gasteiger partial charge < -0.3 is 14.8 Å². The van der Waals surface area contributed by atoms with Crippen molar-refractivity contribution in [3.63, 3.8) is 0 Å². The van der Waals surface area contributed by atoms with Gasteiger partial charge >= 0.3 is 0 Å². The lowest BCUT2D eigenvalue weighted by molar-refractivity contribution is 0.164. The molecular weight excluding hydrogens is 248 g/mol. The molecule has 2 heterocycles. The van der Waals surface area contributed by atoms with Gasteiger partial charge in [-0.1, -0.05) is 19.3 Å². The number of aromatic nitrogens is 2. The van der Waals surface area contributed by atoms with E-state index in [4.69, 9.17) is 0 Å². The van der Waals surface area contributed by atoms with Crippen LogP contribution >= 0.6 is 0 Å². The average molecular weight is 276 g/mol. The Morgan fingerprint density at radius 3 is 2.85 bits per heavy atom. The van der Waals surface area contributed by atoms with Crippen molar-refractivity contribution in [1.82, 2.24) is 19.8 Å². The quantitative estimate of drug-likeness (QED) is 0.916. The van der Waals surface area contributed by atoms with Crippen molar-refractivity contribution in [2.24, 2.45) is 7.05 Å². The highest BCUT2D eigenvalue weighted by Gasteiger charge is 2.34. The molecule has 3 rings (SSSR count). The van der Waals surface area contributed by atoms with Crippen LogP contribution in [0, 0.1) is 0 Å². The molecule has 1 saturated carbocycles. The summed E-state index contributed by atoms with van der Waals surface area (Å²) in [6.07, 6.45) is 13.3. The Bertz CT molecular complexity index is 420. The molecule has 1 saturated heterocycles. The molecule has 1 aromatic heterocycles. The Morgan fingerprint density at radius 2 is 2.10 bits per heavy atom. The summed E-state index contributed by atoms with van der Waals surface area (Å²) in [6, 6.07) is 0. The zero-order valence-electron chi connectivity index (χ0n) is 12.8. The SMILES string of the molecule is Cn1ccnc1CCN1CCCNC2(CCCCC2)C1. The van der Waals surface area contributed by atoms with E-state index in [9.17, 15) is 0 Å². The summed E-state index contributed by atoms with van der Waals surface area (Å²) in [5, 5.41) is 3.87. The fourth-order valence-electron chi connectivity index (χ4n) is 3.87. The van der Waals surface area contributed by atoms with Crippen molar-refractivity contribution >= 4 is 0 Å². The topological polar surface area (TPSA) is 33.1 Å². The van der Waals surface area contributed by atoms with Gasteiger partial charge in [0.05, 0.1) is 0 Å². The van der Waals surface area contributed by atoms with Crippen LogP contribution in [-0.2, 0) is 13.5 Å². The predicted octanol–water partition coefficient (Wildman–Crippen LogP) is 1.96. The van der Waals surface area contributed by atoms with Crippen molar-refractivity contribution in [2.75, 3.05) is 26.2 Å². The Kier molecular flexibility index (Phi) is 4.41. The molecule has 1 aliphatic heterocycles. The van der Waals surface area contributed by atoms with Crippen molar-refractivity contribution in [3.8, 4) is 0 Å². The second-order valence-electron chi connectivity index (χ2n) is 6.60. The first-order valence-electron chi connectivity index (χ1n) is 8.21. The number of hydrogen-bond donors (Lipinski definition) is 1. The molecule has 0 amide bonds. The molecule has 2 fully saturated rings. The predicted molar refractivity (Wildman–Crippen MR) is 81.8 cm³/mol. The largest absolute Gasteiger partial charge is 0.338 e. The van der Waals surface area contributed by atoms with E-state index >= 15 is 0 Å². The van der Waals surface area contributed by atoms with Gasteiger partial charge in [-0.25, -0.2) is 4.98 Å². The molecule has 1 spiro atoms. The van der Waals surface area contributed by atoms with Gasteiger partial charge in [0.2, 0.25) is 0 Å². The minimum atomic E-state index is 0.413. The molecule has 0 aromatic carbocycles. The van der Waals surface area contributed by atoms with Crippen LogP contribution in [0.5, 0.6) is 0 Å². The standard InChI is InChI=1S/C16H28N4/c1-19-13-10-17-15(19)6-12-20-11-5-9-18-16(14-20)7-3-2-4-8-16/h10,13,18H,2-9,11-12,14H2,1H3. The maximum atomic E-state index is 4.45. The van der Waals surface area contributed by atoms with Gasteiger partial charge in [0.25, 0.3) is 0 Å². The second-order valence-corrected chi connectivity index (χ2v) is 6.60. The minimum Gasteiger partial charge on any atom is -0.338 e. The van der Waals surface area contributed by atoms with Gasteiger partial charge in [-0.2, -0.15) is 0 Å². The van der Waals surface area contributed by atoms with E-state index < -0.39 is 0 Å². The normalized spacial score (nSPS) is 23.9. The highest BCUT2D eigenvalue weighted by molar-refractivity contribution is 4.97. The molecule has 112 valence electrons. The van der Waals surface area contributed by atoms with E-state index in [1.165, 1.54) is 64.0 Å². The number of nitrogens with zero attached hydrogens (tertiary/aromatic N) is 3. The summed E-state index contributed by atoms with van der Waals surface area (Å²) in [6.45, 7) is 4.81. The van der Waals surface area contributed by atoms with Crippen LogP contribution in [0.15, 0.2) is 12.4 Å². The number of rotatable bonds is 3. The van der Waals surface area contributed by atoms with Crippen LogP contribution in [0.1, 0.15) is 44.3 Å². The molecule has 1 aliphatic carbocycles. The zero-order chi connectivity index (χ0) is 13.8. The number of nitrogens with one attached hydrogen (secondary N) is 1. The van der Waals surface area contributed by atoms with Gasteiger partial charge in [-0.05, 0) is 32.4 Å². The molecule has 4 heteroatoms. The first-order valence-corrected chi connectivity index (χ1v) is 8.21. The molecular formula is C16H28N4. The van der Waals surface area contributed by atoms with Crippen molar-refractivity contribution in [3.05, 3.63) is 18.2 Å². The Hall–Kier alpha value is -0.870. The summed E-state index contributed by atoms with van der Waals surface area (Å²) in [5.74, 6) is 1.21. The van der Waals surface area contributed by atoms with E-state index in [0.717, 1.165) is 13.0 Å². The van der Waals surface area contributed by atoms with Crippen LogP contribution in [0.25, 0.3) is 0 Å². The van der Waals surface area contributed by atoms with E-state index in [2.05, 4.69) is 26.8 Å². The summed E-state index contributed by atoms with van der Waals surface area (Å²) in [4.78, 5) is 7.11. The number of aryl methyl sites for hydroxylation is 1. The van der Waals surface area contributed by atoms with E-state index in [-0.39, 0.29) is 0 Å². The minimum absolute atomic E-state index is 0.413. The lowest BCUT2D eigenvalue weighted by atomic mass is 9.81. The molecule has 1 N–H and O–H groups in total. The van der Waals surface area contributed by atoms with E-state index in [1.807, 2.05) is 12.4 Å². The maximum Gasteiger partial charge on any atom is 0.109 e. The fourth-order valence-corrected chi connectivity index (χ4v) is 3.87. The highest BCUT2D eigenvalue weighted by Crippen LogP contribution is 2.30. The summed E-state index contributed by atoms with van der Waals surface area (Å²) < 4.78 is 2.15. The number of imidazole rings is 1. The monoisotopic (exact) mass is 276 g/mol. The molecule has 4 nitrogen and oxygen atoms in total. The second kappa shape index (κ2) is 6.27. The third kappa shape index (κ3) is 3.23. The fraction of sp³-hybridized carbons (Fsp3) is 0.812. The highest BCUT2D eigenvalue weighted by atomic mass is 15.2. The summed E-state index contributed by atoms with van der Waals surface area (Å²) in [5.41, 5.74) is 0.413. The maximum absolute atomic E-state index is 4.45. The van der Waals surface area contributed by atoms with E-state index in [1.54, 1.807) is 0 Å². The molecule has 0 bridgehead atoms. The van der Waals surface area contributed by atoms with Crippen molar-refractivity contribution < 1.29 is 0 Å². The molecule has 20 heavy (non-hydrogen) atoms. The number of hydrogen-bond acceptors (Lipinski definition) is 3. The molecule has 2 aliphatic rings. The van der Waals surface area contributed by atoms with Gasteiger partial charge in [0.15, 0.2) is 0 Å². The zero-order valence-corrected chi connectivity index (χ0v) is 12.8. The lowest BCUT2D eigenvalue weighted by Crippen LogP contribution is -2.52. The Labute approximate surface area is 122 Å².